The normalized spacial score (nSPS) is 28.4. The topological polar surface area (TPSA) is 42.0 Å². The minimum absolute atomic E-state index is 0.185. The molecule has 1 spiro atoms. The first-order valence-electron chi connectivity index (χ1n) is 7.71. The van der Waals surface area contributed by atoms with Gasteiger partial charge in [0.15, 0.2) is 0 Å². The molecule has 0 radical (unpaired) electrons. The summed E-state index contributed by atoms with van der Waals surface area (Å²) >= 11 is 0. The monoisotopic (exact) mass is 296 g/mol. The molecule has 2 fully saturated rings. The molecule has 0 aromatic carbocycles. The van der Waals surface area contributed by atoms with Gasteiger partial charge in [-0.05, 0) is 0 Å². The van der Waals surface area contributed by atoms with Crippen molar-refractivity contribution in [1.82, 2.24) is 9.80 Å². The second-order valence-electron chi connectivity index (χ2n) is 7.08. The van der Waals surface area contributed by atoms with Gasteiger partial charge in [-0.2, -0.15) is 0 Å². The molecule has 1 unspecified atom stereocenters. The molecular formula is C16H28N2O3. The zero-order chi connectivity index (χ0) is 15.5. The lowest BCUT2D eigenvalue weighted by Gasteiger charge is -2.44. The molecule has 2 rings (SSSR count). The number of morpholine rings is 1. The summed E-state index contributed by atoms with van der Waals surface area (Å²) in [7, 11) is 0. The van der Waals surface area contributed by atoms with E-state index in [1.807, 2.05) is 31.7 Å². The maximum absolute atomic E-state index is 12.5. The van der Waals surface area contributed by atoms with Gasteiger partial charge in [0.25, 0.3) is 0 Å². The van der Waals surface area contributed by atoms with Crippen LogP contribution in [0.4, 0.5) is 0 Å². The number of ether oxygens (including phenoxy) is 2. The Morgan fingerprint density at radius 2 is 2.05 bits per heavy atom. The van der Waals surface area contributed by atoms with Crippen LogP contribution in [0.25, 0.3) is 0 Å². The first-order chi connectivity index (χ1) is 9.86. The Bertz CT molecular complexity index is 391. The van der Waals surface area contributed by atoms with Crippen molar-refractivity contribution in [3.8, 4) is 0 Å². The number of nitrogens with zero attached hydrogens (tertiary/aromatic N) is 2. The molecule has 0 aliphatic carbocycles. The van der Waals surface area contributed by atoms with Crippen LogP contribution in [0.3, 0.4) is 0 Å². The molecule has 5 heteroatoms. The van der Waals surface area contributed by atoms with E-state index in [2.05, 4.69) is 11.5 Å². The fourth-order valence-corrected chi connectivity index (χ4v) is 3.00. The zero-order valence-corrected chi connectivity index (χ0v) is 13.6. The predicted molar refractivity (Wildman–Crippen MR) is 82.2 cm³/mol. The highest BCUT2D eigenvalue weighted by atomic mass is 16.5. The summed E-state index contributed by atoms with van der Waals surface area (Å²) in [4.78, 5) is 16.8. The van der Waals surface area contributed by atoms with Crippen molar-refractivity contribution in [1.29, 1.82) is 0 Å². The van der Waals surface area contributed by atoms with Crippen molar-refractivity contribution < 1.29 is 14.3 Å². The van der Waals surface area contributed by atoms with E-state index in [0.29, 0.717) is 32.9 Å². The van der Waals surface area contributed by atoms with Crippen molar-refractivity contribution >= 4 is 5.91 Å². The molecular weight excluding hydrogens is 268 g/mol. The molecule has 5 nitrogen and oxygen atoms in total. The smallest absolute Gasteiger partial charge is 0.228 e. The van der Waals surface area contributed by atoms with Crippen LogP contribution in [0.1, 0.15) is 20.8 Å². The molecule has 120 valence electrons. The maximum Gasteiger partial charge on any atom is 0.228 e. The number of rotatable bonds is 2. The largest absolute Gasteiger partial charge is 0.377 e. The lowest BCUT2D eigenvalue weighted by Crippen LogP contribution is -2.61. The molecule has 0 aromatic heterocycles. The molecule has 1 atom stereocenters. The number of amides is 1. The Balaban J connectivity index is 2.10. The SMILES string of the molecule is C=CCN1CCOCC2(C1)CN(C(=O)C(C)(C)C)CCO2. The van der Waals surface area contributed by atoms with Gasteiger partial charge >= 0.3 is 0 Å². The minimum atomic E-state index is -0.404. The molecule has 2 aliphatic heterocycles. The zero-order valence-electron chi connectivity index (χ0n) is 13.6. The third-order valence-electron chi connectivity index (χ3n) is 3.99. The second kappa shape index (κ2) is 6.46. The van der Waals surface area contributed by atoms with Crippen LogP contribution >= 0.6 is 0 Å². The molecule has 0 bridgehead atoms. The Labute approximate surface area is 127 Å². The van der Waals surface area contributed by atoms with Crippen molar-refractivity contribution in [2.24, 2.45) is 5.41 Å². The minimum Gasteiger partial charge on any atom is -0.377 e. The van der Waals surface area contributed by atoms with Crippen LogP contribution in [0.2, 0.25) is 0 Å². The predicted octanol–water partition coefficient (Wildman–Crippen LogP) is 1.15. The summed E-state index contributed by atoms with van der Waals surface area (Å²) < 4.78 is 11.8. The number of carbonyl (C=O) groups is 1. The van der Waals surface area contributed by atoms with Crippen LogP contribution in [-0.4, -0.2) is 73.9 Å². The van der Waals surface area contributed by atoms with Crippen molar-refractivity contribution in [3.05, 3.63) is 12.7 Å². The Hall–Kier alpha value is -0.910. The van der Waals surface area contributed by atoms with Crippen LogP contribution in [0.5, 0.6) is 0 Å². The van der Waals surface area contributed by atoms with E-state index < -0.39 is 5.60 Å². The van der Waals surface area contributed by atoms with E-state index in [1.165, 1.54) is 0 Å². The van der Waals surface area contributed by atoms with Gasteiger partial charge in [0.2, 0.25) is 5.91 Å². The quantitative estimate of drug-likeness (QED) is 0.717. The van der Waals surface area contributed by atoms with Gasteiger partial charge in [0, 0.05) is 31.6 Å². The Morgan fingerprint density at radius 3 is 2.71 bits per heavy atom. The average Bonchev–Trinajstić information content (AvgIpc) is 2.60. The summed E-state index contributed by atoms with van der Waals surface area (Å²) in [6, 6.07) is 0. The van der Waals surface area contributed by atoms with Crippen LogP contribution < -0.4 is 0 Å². The third-order valence-corrected chi connectivity index (χ3v) is 3.99. The maximum atomic E-state index is 12.5. The van der Waals surface area contributed by atoms with Gasteiger partial charge in [-0.1, -0.05) is 26.8 Å². The summed E-state index contributed by atoms with van der Waals surface area (Å²) in [5.74, 6) is 0.185. The molecule has 21 heavy (non-hydrogen) atoms. The molecule has 2 heterocycles. The third kappa shape index (κ3) is 4.05. The van der Waals surface area contributed by atoms with Crippen molar-refractivity contribution in [2.75, 3.05) is 52.5 Å². The van der Waals surface area contributed by atoms with Gasteiger partial charge in [0.1, 0.15) is 5.60 Å². The highest BCUT2D eigenvalue weighted by Gasteiger charge is 2.42. The molecule has 0 saturated carbocycles. The van der Waals surface area contributed by atoms with E-state index >= 15 is 0 Å². The summed E-state index contributed by atoms with van der Waals surface area (Å²) in [5.41, 5.74) is -0.760. The first kappa shape index (κ1) is 16.5. The average molecular weight is 296 g/mol. The summed E-state index contributed by atoms with van der Waals surface area (Å²) in [5, 5.41) is 0. The van der Waals surface area contributed by atoms with Gasteiger partial charge in [0.05, 0.1) is 26.4 Å². The van der Waals surface area contributed by atoms with Crippen LogP contribution in [0.15, 0.2) is 12.7 Å². The number of carbonyl (C=O) groups excluding carboxylic acids is 1. The number of hydrogen-bond donors (Lipinski definition) is 0. The van der Waals surface area contributed by atoms with E-state index in [0.717, 1.165) is 19.6 Å². The van der Waals surface area contributed by atoms with Gasteiger partial charge in [-0.25, -0.2) is 0 Å². The fourth-order valence-electron chi connectivity index (χ4n) is 3.00. The van der Waals surface area contributed by atoms with Crippen molar-refractivity contribution in [2.45, 2.75) is 26.4 Å². The highest BCUT2D eigenvalue weighted by Crippen LogP contribution is 2.26. The van der Waals surface area contributed by atoms with E-state index in [9.17, 15) is 4.79 Å². The second-order valence-corrected chi connectivity index (χ2v) is 7.08. The standard InChI is InChI=1S/C16H28N2O3/c1-5-6-17-7-9-20-13-16(11-17)12-18(8-10-21-16)14(19)15(2,3)4/h5H,1,6-13H2,2-4H3. The lowest BCUT2D eigenvalue weighted by atomic mass is 9.92. The summed E-state index contributed by atoms with van der Waals surface area (Å²) in [6.07, 6.45) is 1.90. The Morgan fingerprint density at radius 1 is 1.29 bits per heavy atom. The molecule has 0 N–H and O–H groups in total. The molecule has 0 aromatic rings. The number of hydrogen-bond acceptors (Lipinski definition) is 4. The highest BCUT2D eigenvalue weighted by molar-refractivity contribution is 5.81. The van der Waals surface area contributed by atoms with Crippen LogP contribution in [-0.2, 0) is 14.3 Å². The lowest BCUT2D eigenvalue weighted by molar-refractivity contribution is -0.167. The van der Waals surface area contributed by atoms with Crippen LogP contribution in [0, 0.1) is 5.41 Å². The van der Waals surface area contributed by atoms with Gasteiger partial charge in [-0.15, -0.1) is 6.58 Å². The van der Waals surface area contributed by atoms with Crippen molar-refractivity contribution in [3.63, 3.8) is 0 Å². The first-order valence-corrected chi connectivity index (χ1v) is 7.71. The van der Waals surface area contributed by atoms with E-state index in [4.69, 9.17) is 9.47 Å². The molecule has 2 saturated heterocycles. The van der Waals surface area contributed by atoms with E-state index in [-0.39, 0.29) is 11.3 Å². The van der Waals surface area contributed by atoms with Gasteiger partial charge in [-0.3, -0.25) is 9.69 Å². The van der Waals surface area contributed by atoms with E-state index in [1.54, 1.807) is 0 Å². The van der Waals surface area contributed by atoms with Gasteiger partial charge < -0.3 is 14.4 Å². The molecule has 1 amide bonds. The summed E-state index contributed by atoms with van der Waals surface area (Å²) in [6.45, 7) is 15.3. The fraction of sp³-hybridized carbons (Fsp3) is 0.812. The Kier molecular flexibility index (Phi) is 5.07. The molecule has 2 aliphatic rings.